The van der Waals surface area contributed by atoms with E-state index in [2.05, 4.69) is 36.5 Å². The minimum absolute atomic E-state index is 0.0340. The van der Waals surface area contributed by atoms with E-state index in [9.17, 15) is 10.2 Å². The molecule has 3 nitrogen and oxygen atoms in total. The summed E-state index contributed by atoms with van der Waals surface area (Å²) in [5.74, 6) is 0.135. The van der Waals surface area contributed by atoms with Crippen LogP contribution < -0.4 is 5.32 Å². The number of fused-ring (bicyclic) bond motifs is 1. The van der Waals surface area contributed by atoms with Gasteiger partial charge in [0.1, 0.15) is 0 Å². The van der Waals surface area contributed by atoms with Crippen molar-refractivity contribution in [1.29, 1.82) is 0 Å². The van der Waals surface area contributed by atoms with Gasteiger partial charge in [0.15, 0.2) is 11.5 Å². The average Bonchev–Trinajstić information content (AvgIpc) is 2.63. The number of benzene rings is 2. The van der Waals surface area contributed by atoms with Crippen LogP contribution >= 0.6 is 0 Å². The summed E-state index contributed by atoms with van der Waals surface area (Å²) in [5, 5.41) is 22.9. The largest absolute Gasteiger partial charge is 0.504 e. The zero-order valence-electron chi connectivity index (χ0n) is 11.6. The lowest BCUT2D eigenvalue weighted by atomic mass is 9.87. The Hall–Kier alpha value is -2.00. The maximum Gasteiger partial charge on any atom is 0.157 e. The van der Waals surface area contributed by atoms with E-state index in [4.69, 9.17) is 0 Å². The molecule has 1 aliphatic rings. The van der Waals surface area contributed by atoms with Gasteiger partial charge in [-0.05, 0) is 48.7 Å². The van der Waals surface area contributed by atoms with Gasteiger partial charge in [-0.2, -0.15) is 0 Å². The molecule has 0 amide bonds. The van der Waals surface area contributed by atoms with Crippen LogP contribution in [0.1, 0.15) is 28.2 Å². The molecular weight excluding hydrogens is 250 g/mol. The second kappa shape index (κ2) is 5.17. The second-order valence-corrected chi connectivity index (χ2v) is 5.46. The van der Waals surface area contributed by atoms with Crippen molar-refractivity contribution in [3.05, 3.63) is 58.7 Å². The van der Waals surface area contributed by atoms with Crippen molar-refractivity contribution in [1.82, 2.24) is 5.32 Å². The van der Waals surface area contributed by atoms with E-state index in [1.165, 1.54) is 11.1 Å². The van der Waals surface area contributed by atoms with Crippen molar-refractivity contribution in [2.24, 2.45) is 0 Å². The molecule has 0 aliphatic carbocycles. The Labute approximate surface area is 118 Å². The van der Waals surface area contributed by atoms with Crippen molar-refractivity contribution in [3.63, 3.8) is 0 Å². The zero-order chi connectivity index (χ0) is 14.1. The number of rotatable bonds is 1. The zero-order valence-corrected chi connectivity index (χ0v) is 11.6. The van der Waals surface area contributed by atoms with Crippen molar-refractivity contribution in [2.75, 3.05) is 13.1 Å². The van der Waals surface area contributed by atoms with Crippen molar-refractivity contribution in [2.45, 2.75) is 19.3 Å². The standard InChI is InChI=1S/C17H19NO2/c1-11-2-4-12(5-3-11)15-10-18-7-6-13-8-16(19)17(20)9-14(13)15/h2-5,8-9,15,18-20H,6-7,10H2,1H3/t15-/m1/s1. The summed E-state index contributed by atoms with van der Waals surface area (Å²) in [4.78, 5) is 0. The Bertz CT molecular complexity index is 620. The molecule has 20 heavy (non-hydrogen) atoms. The van der Waals surface area contributed by atoms with Gasteiger partial charge in [0.05, 0.1) is 0 Å². The Balaban J connectivity index is 2.09. The molecule has 104 valence electrons. The fourth-order valence-electron chi connectivity index (χ4n) is 2.85. The fourth-order valence-corrected chi connectivity index (χ4v) is 2.85. The number of phenolic OH excluding ortho intramolecular Hbond substituents is 2. The van der Waals surface area contributed by atoms with Gasteiger partial charge in [0, 0.05) is 12.5 Å². The summed E-state index contributed by atoms with van der Waals surface area (Å²) in [6.45, 7) is 3.81. The Morgan fingerprint density at radius 2 is 1.75 bits per heavy atom. The molecule has 1 aliphatic heterocycles. The Morgan fingerprint density at radius 1 is 1.05 bits per heavy atom. The maximum atomic E-state index is 9.81. The molecule has 3 rings (SSSR count). The highest BCUT2D eigenvalue weighted by atomic mass is 16.3. The van der Waals surface area contributed by atoms with Crippen LogP contribution in [-0.2, 0) is 6.42 Å². The number of aromatic hydroxyl groups is 2. The van der Waals surface area contributed by atoms with Gasteiger partial charge in [-0.1, -0.05) is 29.8 Å². The van der Waals surface area contributed by atoms with Crippen molar-refractivity contribution in [3.8, 4) is 11.5 Å². The minimum atomic E-state index is -0.0391. The van der Waals surface area contributed by atoms with E-state index >= 15 is 0 Å². The first-order valence-electron chi connectivity index (χ1n) is 6.97. The number of nitrogens with one attached hydrogen (secondary N) is 1. The van der Waals surface area contributed by atoms with Crippen LogP contribution in [0.2, 0.25) is 0 Å². The number of aryl methyl sites for hydroxylation is 1. The van der Waals surface area contributed by atoms with Crippen LogP contribution in [0.4, 0.5) is 0 Å². The molecule has 2 aromatic rings. The highest BCUT2D eigenvalue weighted by molar-refractivity contribution is 5.50. The molecule has 0 saturated carbocycles. The quantitative estimate of drug-likeness (QED) is 0.698. The van der Waals surface area contributed by atoms with Crippen molar-refractivity contribution < 1.29 is 10.2 Å². The van der Waals surface area contributed by atoms with Gasteiger partial charge < -0.3 is 15.5 Å². The monoisotopic (exact) mass is 269 g/mol. The third-order valence-electron chi connectivity index (χ3n) is 4.01. The topological polar surface area (TPSA) is 52.5 Å². The molecule has 0 aromatic heterocycles. The summed E-state index contributed by atoms with van der Waals surface area (Å²) < 4.78 is 0. The second-order valence-electron chi connectivity index (χ2n) is 5.46. The van der Waals surface area contributed by atoms with Gasteiger partial charge in [0.25, 0.3) is 0 Å². The molecule has 3 heteroatoms. The minimum Gasteiger partial charge on any atom is -0.504 e. The summed E-state index contributed by atoms with van der Waals surface area (Å²) in [6, 6.07) is 11.9. The maximum absolute atomic E-state index is 9.81. The van der Waals surface area contributed by atoms with Crippen LogP contribution in [0.15, 0.2) is 36.4 Å². The molecule has 0 radical (unpaired) electrons. The summed E-state index contributed by atoms with van der Waals surface area (Å²) in [5.41, 5.74) is 4.69. The van der Waals surface area contributed by atoms with Crippen LogP contribution in [0, 0.1) is 6.92 Å². The average molecular weight is 269 g/mol. The molecule has 0 fully saturated rings. The fraction of sp³-hybridized carbons (Fsp3) is 0.294. The number of hydrogen-bond acceptors (Lipinski definition) is 3. The van der Waals surface area contributed by atoms with Crippen molar-refractivity contribution >= 4 is 0 Å². The highest BCUT2D eigenvalue weighted by Crippen LogP contribution is 2.36. The predicted octanol–water partition coefficient (Wildman–Crippen LogP) is 2.68. The van der Waals surface area contributed by atoms with E-state index < -0.39 is 0 Å². The molecule has 2 aromatic carbocycles. The highest BCUT2D eigenvalue weighted by Gasteiger charge is 2.22. The number of hydrogen-bond donors (Lipinski definition) is 3. The summed E-state index contributed by atoms with van der Waals surface area (Å²) in [6.07, 6.45) is 0.867. The van der Waals surface area contributed by atoms with Crippen LogP contribution in [0.25, 0.3) is 0 Å². The first-order valence-corrected chi connectivity index (χ1v) is 6.97. The van der Waals surface area contributed by atoms with E-state index in [1.54, 1.807) is 12.1 Å². The van der Waals surface area contributed by atoms with E-state index in [1.807, 2.05) is 0 Å². The van der Waals surface area contributed by atoms with E-state index in [0.717, 1.165) is 30.6 Å². The molecule has 0 saturated heterocycles. The third kappa shape index (κ3) is 2.37. The van der Waals surface area contributed by atoms with Crippen LogP contribution in [-0.4, -0.2) is 23.3 Å². The smallest absolute Gasteiger partial charge is 0.157 e. The molecule has 0 unspecified atom stereocenters. The SMILES string of the molecule is Cc1ccc([C@H]2CNCCc3cc(O)c(O)cc32)cc1. The third-order valence-corrected chi connectivity index (χ3v) is 4.01. The summed E-state index contributed by atoms with van der Waals surface area (Å²) >= 11 is 0. The van der Waals surface area contributed by atoms with Crippen LogP contribution in [0.5, 0.6) is 11.5 Å². The van der Waals surface area contributed by atoms with E-state index in [-0.39, 0.29) is 17.4 Å². The molecule has 1 atom stereocenters. The first kappa shape index (κ1) is 13.0. The molecule has 0 bridgehead atoms. The molecule has 1 heterocycles. The Kier molecular flexibility index (Phi) is 3.36. The Morgan fingerprint density at radius 3 is 2.50 bits per heavy atom. The lowest BCUT2D eigenvalue weighted by Gasteiger charge is -2.19. The molecule has 3 N–H and O–H groups in total. The number of phenols is 2. The lowest BCUT2D eigenvalue weighted by molar-refractivity contribution is 0.402. The first-order chi connectivity index (χ1) is 9.65. The lowest BCUT2D eigenvalue weighted by Crippen LogP contribution is -2.20. The van der Waals surface area contributed by atoms with Gasteiger partial charge >= 0.3 is 0 Å². The molecular formula is C17H19NO2. The van der Waals surface area contributed by atoms with Gasteiger partial charge in [-0.25, -0.2) is 0 Å². The summed E-state index contributed by atoms with van der Waals surface area (Å²) in [7, 11) is 0. The van der Waals surface area contributed by atoms with E-state index in [0.29, 0.717) is 0 Å². The predicted molar refractivity (Wildman–Crippen MR) is 79.4 cm³/mol. The normalized spacial score (nSPS) is 18.4. The van der Waals surface area contributed by atoms with Gasteiger partial charge in [-0.3, -0.25) is 0 Å². The molecule has 0 spiro atoms. The van der Waals surface area contributed by atoms with Gasteiger partial charge in [-0.15, -0.1) is 0 Å². The van der Waals surface area contributed by atoms with Gasteiger partial charge in [0.2, 0.25) is 0 Å². The van der Waals surface area contributed by atoms with Crippen LogP contribution in [0.3, 0.4) is 0 Å².